The van der Waals surface area contributed by atoms with Crippen LogP contribution in [0.25, 0.3) is 0 Å². The van der Waals surface area contributed by atoms with Crippen molar-refractivity contribution in [3.63, 3.8) is 0 Å². The van der Waals surface area contributed by atoms with E-state index in [0.717, 1.165) is 28.7 Å². The van der Waals surface area contributed by atoms with Crippen LogP contribution in [-0.2, 0) is 10.0 Å². The Kier molecular flexibility index (Phi) is 7.29. The van der Waals surface area contributed by atoms with Gasteiger partial charge < -0.3 is 5.11 Å². The molecular formula is C25H31NO3S. The van der Waals surface area contributed by atoms with Gasteiger partial charge in [0.2, 0.25) is 10.0 Å². The fraction of sp³-hybridized carbons (Fsp3) is 0.360. The van der Waals surface area contributed by atoms with Crippen molar-refractivity contribution in [3.8, 4) is 0 Å². The maximum Gasteiger partial charge on any atom is 0.243 e. The highest BCUT2D eigenvalue weighted by molar-refractivity contribution is 7.89. The summed E-state index contributed by atoms with van der Waals surface area (Å²) in [5.41, 5.74) is 4.24. The number of piperidine rings is 1. The summed E-state index contributed by atoms with van der Waals surface area (Å²) in [6.45, 7) is 6.93. The van der Waals surface area contributed by atoms with Gasteiger partial charge in [-0.05, 0) is 56.9 Å². The zero-order chi connectivity index (χ0) is 21.7. The van der Waals surface area contributed by atoms with Crippen LogP contribution in [0.5, 0.6) is 0 Å². The van der Waals surface area contributed by atoms with E-state index >= 15 is 0 Å². The lowest BCUT2D eigenvalue weighted by atomic mass is 9.88. The van der Waals surface area contributed by atoms with Gasteiger partial charge in [0.05, 0.1) is 11.0 Å². The number of nitrogens with zero attached hydrogens (tertiary/aromatic N) is 1. The summed E-state index contributed by atoms with van der Waals surface area (Å²) in [5, 5.41) is 10.4. The number of hydrogen-bond acceptors (Lipinski definition) is 3. The Bertz CT molecular complexity index is 1000. The van der Waals surface area contributed by atoms with E-state index in [1.54, 1.807) is 16.4 Å². The zero-order valence-electron chi connectivity index (χ0n) is 18.0. The molecule has 5 heteroatoms. The summed E-state index contributed by atoms with van der Waals surface area (Å²) in [6.07, 6.45) is 4.91. The molecule has 0 spiro atoms. The largest absolute Gasteiger partial charge is 0.388 e. The predicted octanol–water partition coefficient (Wildman–Crippen LogP) is 5.02. The first-order chi connectivity index (χ1) is 14.3. The molecule has 0 unspecified atom stereocenters. The van der Waals surface area contributed by atoms with Crippen LogP contribution in [0.3, 0.4) is 0 Å². The third kappa shape index (κ3) is 5.28. The number of rotatable bonds is 6. The van der Waals surface area contributed by atoms with E-state index in [2.05, 4.69) is 6.08 Å². The lowest BCUT2D eigenvalue weighted by Crippen LogP contribution is -2.39. The molecule has 30 heavy (non-hydrogen) atoms. The van der Waals surface area contributed by atoms with Crippen molar-refractivity contribution in [1.82, 2.24) is 4.31 Å². The smallest absolute Gasteiger partial charge is 0.243 e. The number of aliphatic hydroxyl groups excluding tert-OH is 1. The Morgan fingerprint density at radius 3 is 2.43 bits per heavy atom. The van der Waals surface area contributed by atoms with E-state index in [9.17, 15) is 13.5 Å². The van der Waals surface area contributed by atoms with Crippen LogP contribution >= 0.6 is 0 Å². The number of sulfonamides is 1. The molecule has 2 atom stereocenters. The van der Waals surface area contributed by atoms with Gasteiger partial charge >= 0.3 is 0 Å². The molecule has 0 radical (unpaired) electrons. The second-order valence-electron chi connectivity index (χ2n) is 8.16. The molecule has 1 aliphatic rings. The van der Waals surface area contributed by atoms with Gasteiger partial charge in [-0.3, -0.25) is 0 Å². The summed E-state index contributed by atoms with van der Waals surface area (Å²) >= 11 is 0. The monoisotopic (exact) mass is 425 g/mol. The fourth-order valence-electron chi connectivity index (χ4n) is 3.83. The third-order valence-electron chi connectivity index (χ3n) is 5.70. The number of aliphatic hydroxyl groups is 1. The van der Waals surface area contributed by atoms with Crippen LogP contribution < -0.4 is 0 Å². The van der Waals surface area contributed by atoms with Crippen LogP contribution in [0.4, 0.5) is 0 Å². The van der Waals surface area contributed by atoms with Crippen molar-refractivity contribution in [1.29, 1.82) is 0 Å². The molecule has 160 valence electrons. The Morgan fingerprint density at radius 2 is 1.80 bits per heavy atom. The molecule has 1 heterocycles. The second-order valence-corrected chi connectivity index (χ2v) is 10.1. The lowest BCUT2D eigenvalue weighted by molar-refractivity contribution is 0.181. The number of aryl methyl sites for hydroxylation is 1. The van der Waals surface area contributed by atoms with E-state index in [-0.39, 0.29) is 5.92 Å². The molecule has 3 rings (SSSR count). The molecule has 4 nitrogen and oxygen atoms in total. The lowest BCUT2D eigenvalue weighted by Gasteiger charge is -2.33. The summed E-state index contributed by atoms with van der Waals surface area (Å²) in [5.74, 6) is 0.197. The van der Waals surface area contributed by atoms with Gasteiger partial charge in [0.1, 0.15) is 0 Å². The van der Waals surface area contributed by atoms with Gasteiger partial charge in [0.15, 0.2) is 0 Å². The van der Waals surface area contributed by atoms with Crippen molar-refractivity contribution < 1.29 is 13.5 Å². The van der Waals surface area contributed by atoms with Crippen LogP contribution in [-0.4, -0.2) is 30.9 Å². The first-order valence-electron chi connectivity index (χ1n) is 10.4. The number of allylic oxidation sites excluding steroid dienone is 2. The van der Waals surface area contributed by atoms with E-state index in [1.165, 1.54) is 0 Å². The molecule has 2 aromatic carbocycles. The first kappa shape index (κ1) is 22.5. The summed E-state index contributed by atoms with van der Waals surface area (Å²) in [4.78, 5) is 0.348. The second kappa shape index (κ2) is 9.73. The van der Waals surface area contributed by atoms with Gasteiger partial charge in [-0.2, -0.15) is 4.31 Å². The third-order valence-corrected chi connectivity index (χ3v) is 7.56. The minimum absolute atomic E-state index is 0.197. The summed E-state index contributed by atoms with van der Waals surface area (Å²) in [7, 11) is -3.50. The highest BCUT2D eigenvalue weighted by Crippen LogP contribution is 2.31. The Morgan fingerprint density at radius 1 is 1.13 bits per heavy atom. The van der Waals surface area contributed by atoms with Crippen molar-refractivity contribution >= 4 is 10.0 Å². The van der Waals surface area contributed by atoms with Gasteiger partial charge in [-0.25, -0.2) is 8.42 Å². The Hall–Kier alpha value is -2.21. The Labute approximate surface area is 180 Å². The molecular weight excluding hydrogens is 394 g/mol. The van der Waals surface area contributed by atoms with E-state index in [1.807, 2.05) is 69.3 Å². The maximum absolute atomic E-state index is 13.1. The van der Waals surface area contributed by atoms with Gasteiger partial charge in [-0.1, -0.05) is 65.8 Å². The minimum atomic E-state index is -3.50. The van der Waals surface area contributed by atoms with Gasteiger partial charge in [0.25, 0.3) is 0 Å². The molecule has 1 saturated heterocycles. The summed E-state index contributed by atoms with van der Waals surface area (Å²) < 4.78 is 27.8. The van der Waals surface area contributed by atoms with E-state index < -0.39 is 16.1 Å². The molecule has 1 N–H and O–H groups in total. The van der Waals surface area contributed by atoms with Gasteiger partial charge in [-0.15, -0.1) is 0 Å². The quantitative estimate of drug-likeness (QED) is 0.661. The highest BCUT2D eigenvalue weighted by atomic mass is 32.2. The van der Waals surface area contributed by atoms with Crippen LogP contribution in [0.1, 0.15) is 43.9 Å². The standard InChI is InChI=1S/C25H31NO3S/c1-19(2)24-18-26(30(28,29)23-14-12-20(3)13-15-23)17-16-21(24)10-7-11-25(27)22-8-5-4-6-9-22/h4-10,12-15,21,25,27H,11,16-18H2,1-3H3/b10-7+/t21-,25+/m1/s1. The van der Waals surface area contributed by atoms with Crippen molar-refractivity contribution in [2.75, 3.05) is 13.1 Å². The molecule has 0 aliphatic carbocycles. The highest BCUT2D eigenvalue weighted by Gasteiger charge is 2.31. The van der Waals surface area contributed by atoms with Crippen molar-refractivity contribution in [2.45, 2.75) is 44.6 Å². The van der Waals surface area contributed by atoms with E-state index in [4.69, 9.17) is 0 Å². The number of hydrogen-bond donors (Lipinski definition) is 1. The van der Waals surface area contributed by atoms with Crippen molar-refractivity contribution in [3.05, 3.63) is 89.0 Å². The average Bonchev–Trinajstić information content (AvgIpc) is 2.74. The molecule has 1 aliphatic heterocycles. The topological polar surface area (TPSA) is 57.6 Å². The normalized spacial score (nSPS) is 19.2. The SMILES string of the molecule is CC(C)=C1CN(S(=O)(=O)c2ccc(C)cc2)CC[C@H]1/C=C/C[C@H](O)c1ccccc1. The predicted molar refractivity (Wildman–Crippen MR) is 122 cm³/mol. The average molecular weight is 426 g/mol. The Balaban J connectivity index is 1.70. The molecule has 0 bridgehead atoms. The minimum Gasteiger partial charge on any atom is -0.388 e. The maximum atomic E-state index is 13.1. The van der Waals surface area contributed by atoms with E-state index in [0.29, 0.717) is 24.4 Å². The summed E-state index contributed by atoms with van der Waals surface area (Å²) in [6, 6.07) is 16.7. The number of benzene rings is 2. The van der Waals surface area contributed by atoms with Crippen LogP contribution in [0.15, 0.2) is 82.8 Å². The van der Waals surface area contributed by atoms with Crippen molar-refractivity contribution in [2.24, 2.45) is 5.92 Å². The molecule has 0 aromatic heterocycles. The van der Waals surface area contributed by atoms with Gasteiger partial charge in [0, 0.05) is 19.0 Å². The fourth-order valence-corrected chi connectivity index (χ4v) is 5.27. The molecule has 1 fully saturated rings. The zero-order valence-corrected chi connectivity index (χ0v) is 18.8. The molecule has 2 aromatic rings. The molecule has 0 saturated carbocycles. The van der Waals surface area contributed by atoms with Crippen LogP contribution in [0, 0.1) is 12.8 Å². The van der Waals surface area contributed by atoms with Crippen LogP contribution in [0.2, 0.25) is 0 Å². The molecule has 0 amide bonds. The first-order valence-corrected chi connectivity index (χ1v) is 11.9.